The molecule has 2 unspecified atom stereocenters. The van der Waals surface area contributed by atoms with Crippen LogP contribution in [0.3, 0.4) is 0 Å². The van der Waals surface area contributed by atoms with E-state index in [-0.39, 0.29) is 11.9 Å². The topological polar surface area (TPSA) is 54.0 Å². The molecule has 17 heavy (non-hydrogen) atoms. The largest absolute Gasteiger partial charge is 0.309 e. The van der Waals surface area contributed by atoms with Crippen LogP contribution in [0.5, 0.6) is 0 Å². The molecular weight excluding hydrogens is 214 g/mol. The van der Waals surface area contributed by atoms with E-state index in [1.54, 1.807) is 6.20 Å². The zero-order valence-electron chi connectivity index (χ0n) is 10.4. The van der Waals surface area contributed by atoms with E-state index in [0.29, 0.717) is 11.7 Å². The van der Waals surface area contributed by atoms with Crippen molar-refractivity contribution in [2.24, 2.45) is 5.92 Å². The first-order valence-corrected chi connectivity index (χ1v) is 6.14. The van der Waals surface area contributed by atoms with Gasteiger partial charge in [-0.05, 0) is 49.9 Å². The molecule has 0 spiro atoms. The minimum absolute atomic E-state index is 0.0234. The van der Waals surface area contributed by atoms with Crippen molar-refractivity contribution in [2.75, 3.05) is 11.9 Å². The first-order valence-electron chi connectivity index (χ1n) is 6.14. The molecule has 0 bridgehead atoms. The number of nitrogens with one attached hydrogen (secondary N) is 2. The summed E-state index contributed by atoms with van der Waals surface area (Å²) in [5.41, 5.74) is 1.10. The lowest BCUT2D eigenvalue weighted by Crippen LogP contribution is -2.48. The Bertz CT molecular complexity index is 405. The van der Waals surface area contributed by atoms with Crippen LogP contribution < -0.4 is 10.6 Å². The summed E-state index contributed by atoms with van der Waals surface area (Å²) >= 11 is 0. The lowest BCUT2D eigenvalue weighted by atomic mass is 9.92. The number of anilines is 1. The third kappa shape index (κ3) is 3.03. The SMILES string of the molecule is Cc1ccnc(NC(=O)C2NCCCC2C)c1. The molecule has 92 valence electrons. The summed E-state index contributed by atoms with van der Waals surface area (Å²) in [6.07, 6.45) is 3.96. The van der Waals surface area contributed by atoms with Crippen molar-refractivity contribution in [3.05, 3.63) is 23.9 Å². The van der Waals surface area contributed by atoms with Gasteiger partial charge < -0.3 is 10.6 Å². The minimum Gasteiger partial charge on any atom is -0.309 e. The van der Waals surface area contributed by atoms with Crippen molar-refractivity contribution >= 4 is 11.7 Å². The van der Waals surface area contributed by atoms with Gasteiger partial charge in [0.05, 0.1) is 6.04 Å². The fourth-order valence-corrected chi connectivity index (χ4v) is 2.21. The van der Waals surface area contributed by atoms with Gasteiger partial charge in [0.1, 0.15) is 5.82 Å². The van der Waals surface area contributed by atoms with Gasteiger partial charge in [-0.3, -0.25) is 4.79 Å². The fourth-order valence-electron chi connectivity index (χ4n) is 2.21. The van der Waals surface area contributed by atoms with Crippen LogP contribution in [-0.4, -0.2) is 23.5 Å². The van der Waals surface area contributed by atoms with Crippen molar-refractivity contribution < 1.29 is 4.79 Å². The molecule has 1 aromatic heterocycles. The number of nitrogens with zero attached hydrogens (tertiary/aromatic N) is 1. The molecule has 4 nitrogen and oxygen atoms in total. The van der Waals surface area contributed by atoms with Crippen LogP contribution >= 0.6 is 0 Å². The molecule has 1 aliphatic rings. The monoisotopic (exact) mass is 233 g/mol. The van der Waals surface area contributed by atoms with Crippen LogP contribution in [0.15, 0.2) is 18.3 Å². The summed E-state index contributed by atoms with van der Waals surface area (Å²) in [6.45, 7) is 5.02. The second-order valence-corrected chi connectivity index (χ2v) is 4.76. The van der Waals surface area contributed by atoms with Crippen LogP contribution in [0, 0.1) is 12.8 Å². The molecule has 0 saturated carbocycles. The van der Waals surface area contributed by atoms with E-state index in [1.165, 1.54) is 0 Å². The van der Waals surface area contributed by atoms with Crippen molar-refractivity contribution in [2.45, 2.75) is 32.7 Å². The van der Waals surface area contributed by atoms with Crippen LogP contribution in [0.1, 0.15) is 25.3 Å². The van der Waals surface area contributed by atoms with E-state index >= 15 is 0 Å². The standard InChI is InChI=1S/C13H19N3O/c1-9-5-7-14-11(8-9)16-13(17)12-10(2)4-3-6-15-12/h5,7-8,10,12,15H,3-4,6H2,1-2H3,(H,14,16,17). The summed E-state index contributed by atoms with van der Waals surface area (Å²) in [7, 11) is 0. The minimum atomic E-state index is -0.0916. The van der Waals surface area contributed by atoms with Crippen LogP contribution in [0.4, 0.5) is 5.82 Å². The van der Waals surface area contributed by atoms with Gasteiger partial charge in [-0.1, -0.05) is 6.92 Å². The van der Waals surface area contributed by atoms with E-state index in [0.717, 1.165) is 24.9 Å². The maximum absolute atomic E-state index is 12.1. The van der Waals surface area contributed by atoms with Gasteiger partial charge in [0.2, 0.25) is 5.91 Å². The Kier molecular flexibility index (Phi) is 3.74. The number of pyridine rings is 1. The summed E-state index contributed by atoms with van der Waals surface area (Å²) < 4.78 is 0. The van der Waals surface area contributed by atoms with E-state index in [2.05, 4.69) is 22.5 Å². The average molecular weight is 233 g/mol. The molecule has 0 aliphatic carbocycles. The first kappa shape index (κ1) is 12.0. The van der Waals surface area contributed by atoms with E-state index in [1.807, 2.05) is 19.1 Å². The van der Waals surface area contributed by atoms with Crippen molar-refractivity contribution in [3.8, 4) is 0 Å². The highest BCUT2D eigenvalue weighted by molar-refractivity contribution is 5.94. The van der Waals surface area contributed by atoms with Gasteiger partial charge in [-0.25, -0.2) is 4.98 Å². The van der Waals surface area contributed by atoms with Gasteiger partial charge >= 0.3 is 0 Å². The highest BCUT2D eigenvalue weighted by atomic mass is 16.2. The molecule has 0 aromatic carbocycles. The molecule has 1 aromatic rings. The van der Waals surface area contributed by atoms with Crippen molar-refractivity contribution in [1.29, 1.82) is 0 Å². The Labute approximate surface area is 102 Å². The van der Waals surface area contributed by atoms with Gasteiger partial charge in [-0.15, -0.1) is 0 Å². The molecule has 1 aliphatic heterocycles. The third-order valence-electron chi connectivity index (χ3n) is 3.22. The van der Waals surface area contributed by atoms with Crippen molar-refractivity contribution in [1.82, 2.24) is 10.3 Å². The van der Waals surface area contributed by atoms with Gasteiger partial charge in [0.25, 0.3) is 0 Å². The zero-order chi connectivity index (χ0) is 12.3. The number of aromatic nitrogens is 1. The van der Waals surface area contributed by atoms with Crippen LogP contribution in [0.2, 0.25) is 0 Å². The molecule has 1 fully saturated rings. The summed E-state index contributed by atoms with van der Waals surface area (Å²) in [5, 5.41) is 6.13. The van der Waals surface area contributed by atoms with Gasteiger partial charge in [0.15, 0.2) is 0 Å². The number of aryl methyl sites for hydroxylation is 1. The smallest absolute Gasteiger partial charge is 0.242 e. The molecule has 4 heteroatoms. The fraction of sp³-hybridized carbons (Fsp3) is 0.538. The Morgan fingerprint density at radius 1 is 1.59 bits per heavy atom. The molecule has 1 amide bonds. The first-order chi connectivity index (χ1) is 8.16. The van der Waals surface area contributed by atoms with E-state index < -0.39 is 0 Å². The van der Waals surface area contributed by atoms with E-state index in [9.17, 15) is 4.79 Å². The third-order valence-corrected chi connectivity index (χ3v) is 3.22. The maximum Gasteiger partial charge on any atom is 0.242 e. The predicted molar refractivity (Wildman–Crippen MR) is 67.8 cm³/mol. The quantitative estimate of drug-likeness (QED) is 0.817. The number of hydrogen-bond acceptors (Lipinski definition) is 3. The lowest BCUT2D eigenvalue weighted by molar-refractivity contribution is -0.119. The van der Waals surface area contributed by atoms with Crippen LogP contribution in [0.25, 0.3) is 0 Å². The summed E-state index contributed by atoms with van der Waals surface area (Å²) in [4.78, 5) is 16.2. The normalized spacial score (nSPS) is 24.4. The number of rotatable bonds is 2. The second kappa shape index (κ2) is 5.27. The molecule has 1 saturated heterocycles. The van der Waals surface area contributed by atoms with E-state index in [4.69, 9.17) is 0 Å². The highest BCUT2D eigenvalue weighted by Crippen LogP contribution is 2.17. The molecule has 0 radical (unpaired) electrons. The number of carbonyl (C=O) groups is 1. The molecule has 2 heterocycles. The molecule has 2 rings (SSSR count). The van der Waals surface area contributed by atoms with Crippen molar-refractivity contribution in [3.63, 3.8) is 0 Å². The zero-order valence-corrected chi connectivity index (χ0v) is 10.4. The van der Waals surface area contributed by atoms with Crippen LogP contribution in [-0.2, 0) is 4.79 Å². The Morgan fingerprint density at radius 3 is 3.12 bits per heavy atom. The molecular formula is C13H19N3O. The predicted octanol–water partition coefficient (Wildman–Crippen LogP) is 1.72. The Hall–Kier alpha value is -1.42. The number of hydrogen-bond donors (Lipinski definition) is 2. The number of piperidine rings is 1. The Balaban J connectivity index is 2.01. The lowest BCUT2D eigenvalue weighted by Gasteiger charge is -2.28. The molecule has 2 N–H and O–H groups in total. The maximum atomic E-state index is 12.1. The van der Waals surface area contributed by atoms with Gasteiger partial charge in [0, 0.05) is 6.20 Å². The summed E-state index contributed by atoms with van der Waals surface area (Å²) in [5.74, 6) is 1.04. The second-order valence-electron chi connectivity index (χ2n) is 4.76. The van der Waals surface area contributed by atoms with Gasteiger partial charge in [-0.2, -0.15) is 0 Å². The number of carbonyl (C=O) groups excluding carboxylic acids is 1. The summed E-state index contributed by atoms with van der Waals surface area (Å²) in [6, 6.07) is 3.70. The highest BCUT2D eigenvalue weighted by Gasteiger charge is 2.27. The molecule has 2 atom stereocenters. The average Bonchev–Trinajstić information content (AvgIpc) is 2.29. The Morgan fingerprint density at radius 2 is 2.41 bits per heavy atom. The number of amides is 1.